The molecule has 0 aliphatic carbocycles. The molecule has 114 valence electrons. The van der Waals surface area contributed by atoms with Crippen LogP contribution in [0, 0.1) is 13.8 Å². The first-order chi connectivity index (χ1) is 9.33. The molecule has 0 heterocycles. The Bertz CT molecular complexity index is 523. The minimum absolute atomic E-state index is 0.246. The maximum absolute atomic E-state index is 11.2. The summed E-state index contributed by atoms with van der Waals surface area (Å²) in [5.41, 5.74) is 3.84. The fraction of sp³-hybridized carbons (Fsp3) is 0.625. The second-order valence-corrected chi connectivity index (χ2v) is 7.88. The van der Waals surface area contributed by atoms with E-state index in [1.807, 2.05) is 0 Å². The molecule has 0 aliphatic heterocycles. The Kier molecular flexibility index (Phi) is 6.69. The second-order valence-electron chi connectivity index (χ2n) is 5.62. The highest BCUT2D eigenvalue weighted by molar-refractivity contribution is 7.90. The molecule has 3 nitrogen and oxygen atoms in total. The summed E-state index contributed by atoms with van der Waals surface area (Å²) >= 11 is 0. The third-order valence-electron chi connectivity index (χ3n) is 3.58. The Labute approximate surface area is 123 Å². The lowest BCUT2D eigenvalue weighted by molar-refractivity contribution is 0.492. The van der Waals surface area contributed by atoms with E-state index in [4.69, 9.17) is 0 Å². The van der Waals surface area contributed by atoms with Crippen LogP contribution >= 0.6 is 0 Å². The van der Waals surface area contributed by atoms with Crippen LogP contribution in [0.3, 0.4) is 0 Å². The molecular weight excluding hydrogens is 270 g/mol. The molecule has 4 heteroatoms. The van der Waals surface area contributed by atoms with Crippen LogP contribution in [0.2, 0.25) is 0 Å². The average molecular weight is 297 g/mol. The first kappa shape index (κ1) is 17.2. The molecule has 0 fully saturated rings. The van der Waals surface area contributed by atoms with Crippen LogP contribution in [0.5, 0.6) is 0 Å². The normalized spacial score (nSPS) is 13.4. The summed E-state index contributed by atoms with van der Waals surface area (Å²) < 4.78 is 22.5. The second kappa shape index (κ2) is 7.79. The van der Waals surface area contributed by atoms with Gasteiger partial charge >= 0.3 is 0 Å². The Balaban J connectivity index is 2.74. The fourth-order valence-electron chi connectivity index (χ4n) is 2.24. The van der Waals surface area contributed by atoms with Gasteiger partial charge in [0.2, 0.25) is 0 Å². The number of hydrogen-bond donors (Lipinski definition) is 1. The molecule has 1 rings (SSSR count). The van der Waals surface area contributed by atoms with Crippen LogP contribution in [0.4, 0.5) is 0 Å². The predicted octanol–water partition coefficient (Wildman–Crippen LogP) is 3.17. The molecule has 1 atom stereocenters. The highest BCUT2D eigenvalue weighted by Crippen LogP contribution is 2.21. The van der Waals surface area contributed by atoms with Crippen LogP contribution in [-0.4, -0.2) is 27.0 Å². The summed E-state index contributed by atoms with van der Waals surface area (Å²) in [5.74, 6) is 0.266. The number of rotatable bonds is 8. The summed E-state index contributed by atoms with van der Waals surface area (Å²) in [5, 5.41) is 3.52. The van der Waals surface area contributed by atoms with Gasteiger partial charge in [0.1, 0.15) is 9.84 Å². The molecule has 0 amide bonds. The van der Waals surface area contributed by atoms with Gasteiger partial charge in [0.25, 0.3) is 0 Å². The van der Waals surface area contributed by atoms with Crippen LogP contribution < -0.4 is 5.32 Å². The van der Waals surface area contributed by atoms with Crippen LogP contribution in [-0.2, 0) is 9.84 Å². The molecule has 1 aromatic carbocycles. The van der Waals surface area contributed by atoms with Gasteiger partial charge in [0.05, 0.1) is 0 Å². The molecule has 0 saturated heterocycles. The van der Waals surface area contributed by atoms with Crippen molar-refractivity contribution in [1.29, 1.82) is 0 Å². The Morgan fingerprint density at radius 2 is 1.90 bits per heavy atom. The number of sulfone groups is 1. The van der Waals surface area contributed by atoms with E-state index in [9.17, 15) is 8.42 Å². The van der Waals surface area contributed by atoms with Gasteiger partial charge in [-0.05, 0) is 56.3 Å². The lowest BCUT2D eigenvalue weighted by atomic mass is 9.98. The third-order valence-corrected chi connectivity index (χ3v) is 4.61. The Hall–Kier alpha value is -0.870. The lowest BCUT2D eigenvalue weighted by Gasteiger charge is -2.20. The smallest absolute Gasteiger partial charge is 0.147 e. The highest BCUT2D eigenvalue weighted by atomic mass is 32.2. The van der Waals surface area contributed by atoms with Crippen molar-refractivity contribution in [3.05, 3.63) is 34.9 Å². The predicted molar refractivity (Wildman–Crippen MR) is 85.9 cm³/mol. The van der Waals surface area contributed by atoms with Crippen molar-refractivity contribution in [3.8, 4) is 0 Å². The zero-order valence-corrected chi connectivity index (χ0v) is 13.9. The quantitative estimate of drug-likeness (QED) is 0.801. The van der Waals surface area contributed by atoms with Crippen molar-refractivity contribution in [2.75, 3.05) is 18.6 Å². The molecular formula is C16H27NO2S. The molecule has 1 unspecified atom stereocenters. The molecule has 0 radical (unpaired) electrons. The standard InChI is InChI=1S/C16H27NO2S/c1-5-10-17-16(7-6-11-20(4,18)19)15-9-8-13(2)14(3)12-15/h8-9,12,16-17H,5-7,10-11H2,1-4H3. The molecule has 0 saturated carbocycles. The zero-order valence-electron chi connectivity index (χ0n) is 13.1. The molecule has 20 heavy (non-hydrogen) atoms. The summed E-state index contributed by atoms with van der Waals surface area (Å²) in [6.45, 7) is 7.32. The van der Waals surface area contributed by atoms with E-state index in [1.165, 1.54) is 22.9 Å². The van der Waals surface area contributed by atoms with E-state index in [1.54, 1.807) is 0 Å². The SMILES string of the molecule is CCCNC(CCCS(C)(=O)=O)c1ccc(C)c(C)c1. The maximum Gasteiger partial charge on any atom is 0.147 e. The minimum atomic E-state index is -2.87. The van der Waals surface area contributed by atoms with Gasteiger partial charge in [-0.2, -0.15) is 0 Å². The average Bonchev–Trinajstić information content (AvgIpc) is 2.35. The molecule has 0 spiro atoms. The topological polar surface area (TPSA) is 46.2 Å². The van der Waals surface area contributed by atoms with Crippen molar-refractivity contribution in [3.63, 3.8) is 0 Å². The number of benzene rings is 1. The van der Waals surface area contributed by atoms with Crippen molar-refractivity contribution >= 4 is 9.84 Å². The summed E-state index contributed by atoms with van der Waals surface area (Å²) in [4.78, 5) is 0. The number of aryl methyl sites for hydroxylation is 2. The van der Waals surface area contributed by atoms with E-state index >= 15 is 0 Å². The summed E-state index contributed by atoms with van der Waals surface area (Å²) in [7, 11) is -2.87. The van der Waals surface area contributed by atoms with Crippen molar-refractivity contribution in [2.45, 2.75) is 46.1 Å². The van der Waals surface area contributed by atoms with E-state index in [0.717, 1.165) is 19.4 Å². The van der Waals surface area contributed by atoms with E-state index < -0.39 is 9.84 Å². The highest BCUT2D eigenvalue weighted by Gasteiger charge is 2.12. The molecule has 1 N–H and O–H groups in total. The van der Waals surface area contributed by atoms with E-state index in [-0.39, 0.29) is 11.8 Å². The number of nitrogens with one attached hydrogen (secondary N) is 1. The Morgan fingerprint density at radius 3 is 2.45 bits per heavy atom. The maximum atomic E-state index is 11.2. The monoisotopic (exact) mass is 297 g/mol. The van der Waals surface area contributed by atoms with E-state index in [2.05, 4.69) is 44.3 Å². The van der Waals surface area contributed by atoms with Crippen molar-refractivity contribution < 1.29 is 8.42 Å². The van der Waals surface area contributed by atoms with Gasteiger partial charge in [-0.25, -0.2) is 8.42 Å². The first-order valence-corrected chi connectivity index (χ1v) is 9.38. The minimum Gasteiger partial charge on any atom is -0.310 e. The largest absolute Gasteiger partial charge is 0.310 e. The molecule has 1 aromatic rings. The Morgan fingerprint density at radius 1 is 1.20 bits per heavy atom. The van der Waals surface area contributed by atoms with Crippen molar-refractivity contribution in [1.82, 2.24) is 5.32 Å². The number of hydrogen-bond acceptors (Lipinski definition) is 3. The first-order valence-electron chi connectivity index (χ1n) is 7.31. The van der Waals surface area contributed by atoms with Crippen LogP contribution in [0.15, 0.2) is 18.2 Å². The molecule has 0 aliphatic rings. The third kappa shape index (κ3) is 6.06. The molecule has 0 bridgehead atoms. The van der Waals surface area contributed by atoms with Gasteiger partial charge in [0.15, 0.2) is 0 Å². The van der Waals surface area contributed by atoms with Crippen molar-refractivity contribution in [2.24, 2.45) is 0 Å². The van der Waals surface area contributed by atoms with Gasteiger partial charge in [0, 0.05) is 18.1 Å². The van der Waals surface area contributed by atoms with Gasteiger partial charge in [-0.3, -0.25) is 0 Å². The molecule has 0 aromatic heterocycles. The fourth-order valence-corrected chi connectivity index (χ4v) is 2.93. The summed E-state index contributed by atoms with van der Waals surface area (Å²) in [6, 6.07) is 6.75. The van der Waals surface area contributed by atoms with Crippen LogP contribution in [0.25, 0.3) is 0 Å². The van der Waals surface area contributed by atoms with Gasteiger partial charge in [-0.15, -0.1) is 0 Å². The zero-order chi connectivity index (χ0) is 15.2. The van der Waals surface area contributed by atoms with Crippen LogP contribution in [0.1, 0.15) is 48.9 Å². The summed E-state index contributed by atoms with van der Waals surface area (Å²) in [6.07, 6.45) is 3.94. The van der Waals surface area contributed by atoms with Gasteiger partial charge in [-0.1, -0.05) is 25.1 Å². The van der Waals surface area contributed by atoms with Gasteiger partial charge < -0.3 is 5.32 Å². The lowest BCUT2D eigenvalue weighted by Crippen LogP contribution is -2.23. The van der Waals surface area contributed by atoms with E-state index in [0.29, 0.717) is 6.42 Å².